The Hall–Kier alpha value is -4.07. The number of hydrogen-bond donors (Lipinski definition) is 1. The Morgan fingerprint density at radius 2 is 1.86 bits per heavy atom. The van der Waals surface area contributed by atoms with Crippen molar-refractivity contribution in [3.8, 4) is 23.0 Å². The number of rotatable bonds is 14. The summed E-state index contributed by atoms with van der Waals surface area (Å²) in [7, 11) is 1.57. The number of ketones is 1. The van der Waals surface area contributed by atoms with Crippen LogP contribution in [0.25, 0.3) is 0 Å². The lowest BCUT2D eigenvalue weighted by Gasteiger charge is -2.17. The van der Waals surface area contributed by atoms with Crippen LogP contribution in [0.4, 0.5) is 0 Å². The van der Waals surface area contributed by atoms with Crippen molar-refractivity contribution >= 4 is 11.8 Å². The first kappa shape index (κ1) is 26.5. The minimum Gasteiger partial charge on any atom is -0.496 e. The maximum atomic E-state index is 11.9. The molecule has 0 saturated heterocycles. The molecule has 3 aromatic rings. The number of carbonyl (C=O) groups is 2. The first-order chi connectivity index (χ1) is 17.4. The first-order valence-electron chi connectivity index (χ1n) is 11.7. The number of carboxylic acid groups (broad SMARTS) is 1. The van der Waals surface area contributed by atoms with Crippen LogP contribution in [0.1, 0.15) is 58.8 Å². The molecule has 189 valence electrons. The van der Waals surface area contributed by atoms with E-state index in [1.165, 1.54) is 13.0 Å². The maximum Gasteiger partial charge on any atom is 0.354 e. The molecule has 8 nitrogen and oxygen atoms in total. The number of aromatic nitrogens is 1. The van der Waals surface area contributed by atoms with Crippen molar-refractivity contribution < 1.29 is 33.6 Å². The number of hydrogen-bond acceptors (Lipinski definition) is 7. The zero-order valence-corrected chi connectivity index (χ0v) is 20.7. The van der Waals surface area contributed by atoms with Gasteiger partial charge in [-0.3, -0.25) is 4.79 Å². The fourth-order valence-corrected chi connectivity index (χ4v) is 3.60. The van der Waals surface area contributed by atoms with Gasteiger partial charge in [-0.05, 0) is 49.7 Å². The monoisotopic (exact) mass is 492 g/mol. The zero-order valence-electron chi connectivity index (χ0n) is 20.7. The highest BCUT2D eigenvalue weighted by Gasteiger charge is 2.17. The van der Waals surface area contributed by atoms with Crippen molar-refractivity contribution in [1.82, 2.24) is 4.98 Å². The summed E-state index contributed by atoms with van der Waals surface area (Å²) in [6.45, 7) is 4.57. The number of carboxylic acids is 1. The Balaban J connectivity index is 1.51. The van der Waals surface area contributed by atoms with E-state index in [2.05, 4.69) is 18.0 Å². The molecule has 1 N–H and O–H groups in total. The molecule has 0 aliphatic heterocycles. The molecule has 0 aliphatic carbocycles. The van der Waals surface area contributed by atoms with Crippen molar-refractivity contribution in [2.45, 2.75) is 39.7 Å². The highest BCUT2D eigenvalue weighted by atomic mass is 16.5. The molecule has 0 fully saturated rings. The van der Waals surface area contributed by atoms with Gasteiger partial charge in [0, 0.05) is 24.1 Å². The van der Waals surface area contributed by atoms with Gasteiger partial charge in [-0.2, -0.15) is 0 Å². The highest BCUT2D eigenvalue weighted by molar-refractivity contribution is 5.97. The fraction of sp³-hybridized carbons (Fsp3) is 0.321. The van der Waals surface area contributed by atoms with Gasteiger partial charge >= 0.3 is 5.97 Å². The number of carbonyl (C=O) groups excluding carboxylic acids is 1. The average molecular weight is 493 g/mol. The molecule has 0 saturated carbocycles. The molecule has 0 bridgehead atoms. The first-order valence-corrected chi connectivity index (χ1v) is 11.7. The van der Waals surface area contributed by atoms with Crippen LogP contribution < -0.4 is 18.9 Å². The Morgan fingerprint density at radius 3 is 2.58 bits per heavy atom. The maximum absolute atomic E-state index is 11.9. The molecule has 1 heterocycles. The third kappa shape index (κ3) is 7.21. The van der Waals surface area contributed by atoms with E-state index in [-0.39, 0.29) is 18.1 Å². The summed E-state index contributed by atoms with van der Waals surface area (Å²) in [5.74, 6) is 1.25. The summed E-state index contributed by atoms with van der Waals surface area (Å²) in [6, 6.07) is 16.5. The molecule has 0 amide bonds. The largest absolute Gasteiger partial charge is 0.496 e. The summed E-state index contributed by atoms with van der Waals surface area (Å²) >= 11 is 0. The number of nitrogens with zero attached hydrogens (tertiary/aromatic N) is 1. The molecule has 36 heavy (non-hydrogen) atoms. The van der Waals surface area contributed by atoms with Gasteiger partial charge in [0.2, 0.25) is 0 Å². The average Bonchev–Trinajstić information content (AvgIpc) is 2.88. The van der Waals surface area contributed by atoms with Crippen LogP contribution >= 0.6 is 0 Å². The summed E-state index contributed by atoms with van der Waals surface area (Å²) in [6.07, 6.45) is 2.28. The van der Waals surface area contributed by atoms with E-state index in [1.807, 2.05) is 6.07 Å². The predicted molar refractivity (Wildman–Crippen MR) is 133 cm³/mol. The van der Waals surface area contributed by atoms with Gasteiger partial charge in [0.15, 0.2) is 5.78 Å². The normalized spacial score (nSPS) is 10.5. The van der Waals surface area contributed by atoms with Gasteiger partial charge in [-0.15, -0.1) is 0 Å². The summed E-state index contributed by atoms with van der Waals surface area (Å²) in [5, 5.41) is 9.06. The Bertz CT molecular complexity index is 1190. The number of pyridine rings is 1. The number of methoxy groups -OCH3 is 1. The van der Waals surface area contributed by atoms with E-state index in [0.717, 1.165) is 18.4 Å². The van der Waals surface area contributed by atoms with Gasteiger partial charge in [-0.1, -0.05) is 19.4 Å². The van der Waals surface area contributed by atoms with Gasteiger partial charge in [0.25, 0.3) is 0 Å². The van der Waals surface area contributed by atoms with Crippen LogP contribution in [0.5, 0.6) is 23.0 Å². The second-order valence-corrected chi connectivity index (χ2v) is 7.98. The topological polar surface area (TPSA) is 104 Å². The molecule has 0 aliphatic rings. The second-order valence-electron chi connectivity index (χ2n) is 7.98. The van der Waals surface area contributed by atoms with Crippen molar-refractivity contribution in [2.75, 3.05) is 20.3 Å². The number of Topliss-reactive ketones (excluding diaryl/α,β-unsaturated/α-hetero) is 1. The van der Waals surface area contributed by atoms with Crippen LogP contribution in [-0.2, 0) is 13.0 Å². The smallest absolute Gasteiger partial charge is 0.354 e. The minimum atomic E-state index is -1.09. The van der Waals surface area contributed by atoms with Gasteiger partial charge in [-0.25, -0.2) is 9.78 Å². The Morgan fingerprint density at radius 1 is 1.06 bits per heavy atom. The van der Waals surface area contributed by atoms with Crippen LogP contribution in [0, 0.1) is 6.07 Å². The van der Waals surface area contributed by atoms with Crippen LogP contribution in [-0.4, -0.2) is 42.2 Å². The SMILES string of the molecule is CCCc1c(OCCCOc2cc[c]c(OCc3cccc(C(=O)O)n3)c2)ccc(C(C)=O)c1OC. The molecule has 0 unspecified atom stereocenters. The highest BCUT2D eigenvalue weighted by Crippen LogP contribution is 2.34. The molecule has 2 aromatic carbocycles. The predicted octanol–water partition coefficient (Wildman–Crippen LogP) is 5.17. The quantitative estimate of drug-likeness (QED) is 0.243. The van der Waals surface area contributed by atoms with E-state index in [9.17, 15) is 9.59 Å². The second kappa shape index (κ2) is 13.1. The summed E-state index contributed by atoms with van der Waals surface area (Å²) < 4.78 is 23.0. The Kier molecular flexibility index (Phi) is 9.68. The third-order valence-electron chi connectivity index (χ3n) is 5.26. The molecule has 8 heteroatoms. The van der Waals surface area contributed by atoms with E-state index in [1.54, 1.807) is 43.5 Å². The molecule has 0 spiro atoms. The number of aromatic carboxylic acids is 1. The molecular weight excluding hydrogens is 462 g/mol. The van der Waals surface area contributed by atoms with Gasteiger partial charge in [0.05, 0.1) is 31.6 Å². The van der Waals surface area contributed by atoms with Gasteiger partial charge in [0.1, 0.15) is 35.3 Å². The fourth-order valence-electron chi connectivity index (χ4n) is 3.60. The van der Waals surface area contributed by atoms with E-state index < -0.39 is 5.97 Å². The third-order valence-corrected chi connectivity index (χ3v) is 5.26. The van der Waals surface area contributed by atoms with Crippen molar-refractivity contribution in [2.24, 2.45) is 0 Å². The molecular formula is C28H30NO7. The van der Waals surface area contributed by atoms with Crippen LogP contribution in [0.15, 0.2) is 48.5 Å². The van der Waals surface area contributed by atoms with Crippen molar-refractivity contribution in [1.29, 1.82) is 0 Å². The molecule has 1 aromatic heterocycles. The van der Waals surface area contributed by atoms with Gasteiger partial charge < -0.3 is 24.1 Å². The lowest BCUT2D eigenvalue weighted by Crippen LogP contribution is -2.08. The van der Waals surface area contributed by atoms with Crippen LogP contribution in [0.3, 0.4) is 0 Å². The van der Waals surface area contributed by atoms with Crippen molar-refractivity contribution in [3.05, 3.63) is 77.1 Å². The van der Waals surface area contributed by atoms with E-state index in [4.69, 9.17) is 24.1 Å². The molecule has 3 rings (SSSR count). The number of benzene rings is 2. The lowest BCUT2D eigenvalue weighted by molar-refractivity contribution is 0.0689. The summed E-state index contributed by atoms with van der Waals surface area (Å²) in [5.41, 5.74) is 1.93. The Labute approximate surface area is 210 Å². The van der Waals surface area contributed by atoms with E-state index in [0.29, 0.717) is 53.9 Å². The molecule has 1 radical (unpaired) electrons. The molecule has 0 atom stereocenters. The van der Waals surface area contributed by atoms with E-state index >= 15 is 0 Å². The number of ether oxygens (including phenoxy) is 4. The summed E-state index contributed by atoms with van der Waals surface area (Å²) in [4.78, 5) is 27.0. The standard InChI is InChI=1S/C28H30NO7/c1-4-8-24-26(14-13-23(19(2)30)27(24)33-3)35-16-7-15-34-21-10-6-11-22(17-21)36-18-20-9-5-12-25(29-20)28(31)32/h5-6,9-10,12-14,17H,4,7-8,15-16,18H2,1-3H3,(H,31,32). The minimum absolute atomic E-state index is 0.0329. The lowest BCUT2D eigenvalue weighted by atomic mass is 10.0. The zero-order chi connectivity index (χ0) is 25.9. The van der Waals surface area contributed by atoms with Crippen molar-refractivity contribution in [3.63, 3.8) is 0 Å². The van der Waals surface area contributed by atoms with Crippen LogP contribution in [0.2, 0.25) is 0 Å².